The van der Waals surface area contributed by atoms with Crippen LogP contribution in [0.2, 0.25) is 0 Å². The molecular formula is C22H22FN3O3. The molecule has 1 saturated heterocycles. The van der Waals surface area contributed by atoms with E-state index in [2.05, 4.69) is 4.90 Å². The van der Waals surface area contributed by atoms with Gasteiger partial charge in [0.2, 0.25) is 0 Å². The van der Waals surface area contributed by atoms with E-state index < -0.39 is 17.6 Å². The number of para-hydroxylation sites is 1. The SMILES string of the molecule is COc1ccc(C2=C(N3CCN(C)CC3)C(=O)N(c3ccccc3F)C2=O)cc1. The van der Waals surface area contributed by atoms with Crippen molar-refractivity contribution in [2.45, 2.75) is 0 Å². The predicted octanol–water partition coefficient (Wildman–Crippen LogP) is 2.37. The summed E-state index contributed by atoms with van der Waals surface area (Å²) in [5.41, 5.74) is 1.21. The number of benzene rings is 2. The first-order valence-corrected chi connectivity index (χ1v) is 9.46. The van der Waals surface area contributed by atoms with E-state index in [0.29, 0.717) is 35.7 Å². The maximum Gasteiger partial charge on any atom is 0.282 e. The first-order valence-electron chi connectivity index (χ1n) is 9.46. The van der Waals surface area contributed by atoms with Crippen LogP contribution in [0.5, 0.6) is 5.75 Å². The molecule has 29 heavy (non-hydrogen) atoms. The maximum absolute atomic E-state index is 14.4. The van der Waals surface area contributed by atoms with E-state index in [-0.39, 0.29) is 5.69 Å². The van der Waals surface area contributed by atoms with E-state index in [1.165, 1.54) is 18.2 Å². The molecule has 6 nitrogen and oxygen atoms in total. The minimum Gasteiger partial charge on any atom is -0.497 e. The Hall–Kier alpha value is -3.19. The second kappa shape index (κ2) is 7.67. The Balaban J connectivity index is 1.81. The molecule has 150 valence electrons. The normalized spacial score (nSPS) is 18.0. The van der Waals surface area contributed by atoms with Gasteiger partial charge in [-0.05, 0) is 36.9 Å². The lowest BCUT2D eigenvalue weighted by Crippen LogP contribution is -2.46. The Labute approximate surface area is 168 Å². The Kier molecular flexibility index (Phi) is 5.07. The molecule has 1 fully saturated rings. The van der Waals surface area contributed by atoms with Gasteiger partial charge in [0.15, 0.2) is 0 Å². The number of methoxy groups -OCH3 is 1. The van der Waals surface area contributed by atoms with Crippen molar-refractivity contribution in [1.82, 2.24) is 9.80 Å². The van der Waals surface area contributed by atoms with Crippen LogP contribution in [0, 0.1) is 5.82 Å². The molecule has 0 atom stereocenters. The number of likely N-dealkylation sites (N-methyl/N-ethyl adjacent to an activating group) is 1. The van der Waals surface area contributed by atoms with Gasteiger partial charge in [-0.2, -0.15) is 0 Å². The summed E-state index contributed by atoms with van der Waals surface area (Å²) in [6.07, 6.45) is 0. The largest absolute Gasteiger partial charge is 0.497 e. The van der Waals surface area contributed by atoms with Gasteiger partial charge in [-0.25, -0.2) is 9.29 Å². The van der Waals surface area contributed by atoms with E-state index in [1.807, 2.05) is 11.9 Å². The molecule has 7 heteroatoms. The quantitative estimate of drug-likeness (QED) is 0.744. The molecule has 0 radical (unpaired) electrons. The highest BCUT2D eigenvalue weighted by Crippen LogP contribution is 2.36. The smallest absolute Gasteiger partial charge is 0.282 e. The van der Waals surface area contributed by atoms with Crippen LogP contribution >= 0.6 is 0 Å². The number of carbonyl (C=O) groups excluding carboxylic acids is 2. The van der Waals surface area contributed by atoms with Gasteiger partial charge in [-0.3, -0.25) is 9.59 Å². The fourth-order valence-corrected chi connectivity index (χ4v) is 3.71. The molecule has 0 aliphatic carbocycles. The number of hydrogen-bond acceptors (Lipinski definition) is 5. The number of anilines is 1. The Morgan fingerprint density at radius 3 is 2.17 bits per heavy atom. The molecule has 0 N–H and O–H groups in total. The average Bonchev–Trinajstić information content (AvgIpc) is 2.99. The van der Waals surface area contributed by atoms with Crippen molar-refractivity contribution in [2.75, 3.05) is 45.2 Å². The van der Waals surface area contributed by atoms with Gasteiger partial charge >= 0.3 is 0 Å². The summed E-state index contributed by atoms with van der Waals surface area (Å²) in [5.74, 6) is -0.962. The Morgan fingerprint density at radius 1 is 0.897 bits per heavy atom. The second-order valence-electron chi connectivity index (χ2n) is 7.14. The van der Waals surface area contributed by atoms with Crippen LogP contribution in [0.15, 0.2) is 54.2 Å². The van der Waals surface area contributed by atoms with Crippen LogP contribution in [0.3, 0.4) is 0 Å². The zero-order chi connectivity index (χ0) is 20.5. The van der Waals surface area contributed by atoms with Gasteiger partial charge in [0.25, 0.3) is 11.8 Å². The number of imide groups is 1. The monoisotopic (exact) mass is 395 g/mol. The van der Waals surface area contributed by atoms with Crippen molar-refractivity contribution in [2.24, 2.45) is 0 Å². The lowest BCUT2D eigenvalue weighted by Gasteiger charge is -2.34. The van der Waals surface area contributed by atoms with Crippen molar-refractivity contribution >= 4 is 23.1 Å². The third-order valence-electron chi connectivity index (χ3n) is 5.35. The van der Waals surface area contributed by atoms with E-state index in [4.69, 9.17) is 4.74 Å². The van der Waals surface area contributed by atoms with E-state index >= 15 is 0 Å². The summed E-state index contributed by atoms with van der Waals surface area (Å²) in [4.78, 5) is 31.8. The summed E-state index contributed by atoms with van der Waals surface area (Å²) in [6, 6.07) is 12.8. The molecular weight excluding hydrogens is 373 g/mol. The number of carbonyl (C=O) groups is 2. The molecule has 0 bridgehead atoms. The molecule has 0 saturated carbocycles. The van der Waals surface area contributed by atoms with Crippen LogP contribution in [-0.4, -0.2) is 62.0 Å². The lowest BCUT2D eigenvalue weighted by molar-refractivity contribution is -0.120. The number of piperazine rings is 1. The van der Waals surface area contributed by atoms with Crippen molar-refractivity contribution in [3.8, 4) is 5.75 Å². The standard InChI is InChI=1S/C22H22FN3O3/c1-24-11-13-25(14-12-24)20-19(15-7-9-16(29-2)10-8-15)21(27)26(22(20)28)18-6-4-3-5-17(18)23/h3-10H,11-14H2,1-2H3. The van der Waals surface area contributed by atoms with E-state index in [9.17, 15) is 14.0 Å². The van der Waals surface area contributed by atoms with Crippen molar-refractivity contribution < 1.29 is 18.7 Å². The third kappa shape index (κ3) is 3.38. The van der Waals surface area contributed by atoms with Crippen molar-refractivity contribution in [3.63, 3.8) is 0 Å². The molecule has 2 amide bonds. The fourth-order valence-electron chi connectivity index (χ4n) is 3.71. The number of rotatable bonds is 4. The maximum atomic E-state index is 14.4. The van der Waals surface area contributed by atoms with Crippen molar-refractivity contribution in [3.05, 3.63) is 65.6 Å². The van der Waals surface area contributed by atoms with Crippen LogP contribution < -0.4 is 9.64 Å². The highest BCUT2D eigenvalue weighted by molar-refractivity contribution is 6.45. The predicted molar refractivity (Wildman–Crippen MR) is 108 cm³/mol. The van der Waals surface area contributed by atoms with Gasteiger partial charge in [0, 0.05) is 26.2 Å². The molecule has 4 rings (SSSR count). The fraction of sp³-hybridized carbons (Fsp3) is 0.273. The molecule has 2 aliphatic rings. The van der Waals surface area contributed by atoms with Gasteiger partial charge in [0.05, 0.1) is 18.4 Å². The Morgan fingerprint density at radius 2 is 1.55 bits per heavy atom. The summed E-state index contributed by atoms with van der Waals surface area (Å²) in [6.45, 7) is 2.80. The van der Waals surface area contributed by atoms with Crippen LogP contribution in [0.4, 0.5) is 10.1 Å². The lowest BCUT2D eigenvalue weighted by atomic mass is 10.0. The number of ether oxygens (including phenoxy) is 1. The first kappa shape index (κ1) is 19.1. The number of hydrogen-bond donors (Lipinski definition) is 0. The van der Waals surface area contributed by atoms with Gasteiger partial charge in [-0.1, -0.05) is 24.3 Å². The highest BCUT2D eigenvalue weighted by Gasteiger charge is 2.43. The minimum absolute atomic E-state index is 0.0300. The summed E-state index contributed by atoms with van der Waals surface area (Å²) in [7, 11) is 3.58. The number of amides is 2. The average molecular weight is 395 g/mol. The molecule has 0 unspecified atom stereocenters. The van der Waals surface area contributed by atoms with Gasteiger partial charge < -0.3 is 14.5 Å². The molecule has 2 aromatic rings. The zero-order valence-electron chi connectivity index (χ0n) is 16.4. The number of nitrogens with zero attached hydrogens (tertiary/aromatic N) is 3. The molecule has 2 aliphatic heterocycles. The highest BCUT2D eigenvalue weighted by atomic mass is 19.1. The minimum atomic E-state index is -0.608. The molecule has 2 heterocycles. The van der Waals surface area contributed by atoms with Crippen LogP contribution in [0.25, 0.3) is 5.57 Å². The second-order valence-corrected chi connectivity index (χ2v) is 7.14. The van der Waals surface area contributed by atoms with Gasteiger partial charge in [0.1, 0.15) is 17.3 Å². The van der Waals surface area contributed by atoms with Crippen LogP contribution in [-0.2, 0) is 9.59 Å². The zero-order valence-corrected chi connectivity index (χ0v) is 16.4. The first-order chi connectivity index (χ1) is 14.0. The molecule has 0 aromatic heterocycles. The molecule has 2 aromatic carbocycles. The summed E-state index contributed by atoms with van der Waals surface area (Å²) < 4.78 is 19.6. The van der Waals surface area contributed by atoms with Crippen molar-refractivity contribution in [1.29, 1.82) is 0 Å². The van der Waals surface area contributed by atoms with E-state index in [1.54, 1.807) is 37.4 Å². The Bertz CT molecular complexity index is 979. The van der Waals surface area contributed by atoms with Crippen LogP contribution in [0.1, 0.15) is 5.56 Å². The van der Waals surface area contributed by atoms with E-state index in [0.717, 1.165) is 18.0 Å². The topological polar surface area (TPSA) is 53.1 Å². The molecule has 0 spiro atoms. The summed E-state index contributed by atoms with van der Waals surface area (Å²) >= 11 is 0. The number of halogens is 1. The van der Waals surface area contributed by atoms with Gasteiger partial charge in [-0.15, -0.1) is 0 Å². The third-order valence-corrected chi connectivity index (χ3v) is 5.35. The summed E-state index contributed by atoms with van der Waals surface area (Å²) in [5, 5.41) is 0.